The lowest BCUT2D eigenvalue weighted by atomic mass is 10.1. The molecule has 0 aliphatic carbocycles. The SMILES string of the molecule is C=CC(OCc1ccccc1)C(OCc1ccccc1)C(=O)CO. The smallest absolute Gasteiger partial charge is 0.189 e. The highest BCUT2D eigenvalue weighted by molar-refractivity contribution is 5.85. The Kier molecular flexibility index (Phi) is 7.36. The Morgan fingerprint density at radius 2 is 1.46 bits per heavy atom. The molecule has 0 bridgehead atoms. The number of aliphatic hydroxyl groups excluding tert-OH is 1. The van der Waals surface area contributed by atoms with Crippen LogP contribution in [0.5, 0.6) is 0 Å². The summed E-state index contributed by atoms with van der Waals surface area (Å²) in [6, 6.07) is 19.2. The van der Waals surface area contributed by atoms with Crippen molar-refractivity contribution >= 4 is 5.78 Å². The van der Waals surface area contributed by atoms with Crippen LogP contribution in [0.4, 0.5) is 0 Å². The van der Waals surface area contributed by atoms with Crippen molar-refractivity contribution in [3.8, 4) is 0 Å². The van der Waals surface area contributed by atoms with Crippen molar-refractivity contribution in [1.82, 2.24) is 0 Å². The van der Waals surface area contributed by atoms with Crippen molar-refractivity contribution in [2.75, 3.05) is 6.61 Å². The fourth-order valence-corrected chi connectivity index (χ4v) is 2.27. The Morgan fingerprint density at radius 1 is 0.958 bits per heavy atom. The standard InChI is InChI=1S/C20H22O4/c1-2-19(23-14-16-9-5-3-6-10-16)20(18(22)13-21)24-15-17-11-7-4-8-12-17/h2-12,19-21H,1,13-15H2. The van der Waals surface area contributed by atoms with Crippen LogP contribution in [0.15, 0.2) is 73.3 Å². The third-order valence-corrected chi connectivity index (χ3v) is 3.56. The number of ketones is 1. The summed E-state index contributed by atoms with van der Waals surface area (Å²) in [5.74, 6) is -0.427. The lowest BCUT2D eigenvalue weighted by Crippen LogP contribution is -2.38. The molecular weight excluding hydrogens is 304 g/mol. The van der Waals surface area contributed by atoms with E-state index < -0.39 is 24.6 Å². The van der Waals surface area contributed by atoms with E-state index in [1.807, 2.05) is 60.7 Å². The Morgan fingerprint density at radius 3 is 1.92 bits per heavy atom. The van der Waals surface area contributed by atoms with Crippen LogP contribution in [0.3, 0.4) is 0 Å². The maximum atomic E-state index is 12.0. The predicted octanol–water partition coefficient (Wildman–Crippen LogP) is 2.90. The minimum absolute atomic E-state index is 0.260. The fourth-order valence-electron chi connectivity index (χ4n) is 2.27. The first-order chi connectivity index (χ1) is 11.7. The molecule has 0 aromatic heterocycles. The van der Waals surface area contributed by atoms with Gasteiger partial charge in [0.25, 0.3) is 0 Å². The lowest BCUT2D eigenvalue weighted by Gasteiger charge is -2.24. The van der Waals surface area contributed by atoms with Crippen LogP contribution in [0.1, 0.15) is 11.1 Å². The van der Waals surface area contributed by atoms with Gasteiger partial charge in [0.05, 0.1) is 13.2 Å². The molecule has 24 heavy (non-hydrogen) atoms. The van der Waals surface area contributed by atoms with Crippen molar-refractivity contribution in [1.29, 1.82) is 0 Å². The molecular formula is C20H22O4. The highest BCUT2D eigenvalue weighted by atomic mass is 16.5. The number of benzene rings is 2. The Balaban J connectivity index is 2.00. The van der Waals surface area contributed by atoms with Crippen molar-refractivity contribution in [3.05, 3.63) is 84.4 Å². The van der Waals surface area contributed by atoms with Gasteiger partial charge in [-0.2, -0.15) is 0 Å². The summed E-state index contributed by atoms with van der Waals surface area (Å²) in [6.07, 6.45) is 0.0107. The minimum atomic E-state index is -0.892. The van der Waals surface area contributed by atoms with Crippen LogP contribution in [-0.2, 0) is 27.5 Å². The maximum absolute atomic E-state index is 12.0. The van der Waals surface area contributed by atoms with Gasteiger partial charge in [-0.3, -0.25) is 4.79 Å². The average Bonchev–Trinajstić information content (AvgIpc) is 2.65. The summed E-state index contributed by atoms with van der Waals surface area (Å²) in [5, 5.41) is 9.21. The molecule has 0 aliphatic heterocycles. The molecule has 2 unspecified atom stereocenters. The zero-order valence-corrected chi connectivity index (χ0v) is 13.5. The topological polar surface area (TPSA) is 55.8 Å². The van der Waals surface area contributed by atoms with Crippen molar-refractivity contribution in [2.24, 2.45) is 0 Å². The van der Waals surface area contributed by atoms with Crippen LogP contribution in [0.25, 0.3) is 0 Å². The second-order valence-corrected chi connectivity index (χ2v) is 5.34. The molecule has 2 rings (SSSR count). The molecule has 0 saturated heterocycles. The van der Waals surface area contributed by atoms with Gasteiger partial charge in [-0.25, -0.2) is 0 Å². The molecule has 0 fully saturated rings. The van der Waals surface area contributed by atoms with Crippen molar-refractivity contribution in [3.63, 3.8) is 0 Å². The molecule has 4 nitrogen and oxygen atoms in total. The van der Waals surface area contributed by atoms with E-state index in [0.717, 1.165) is 11.1 Å². The molecule has 1 N–H and O–H groups in total. The normalized spacial score (nSPS) is 13.2. The lowest BCUT2D eigenvalue weighted by molar-refractivity contribution is -0.144. The summed E-state index contributed by atoms with van der Waals surface area (Å²) < 4.78 is 11.5. The Hall–Kier alpha value is -2.27. The zero-order chi connectivity index (χ0) is 17.2. The van der Waals surface area contributed by atoms with E-state index in [1.165, 1.54) is 6.08 Å². The zero-order valence-electron chi connectivity index (χ0n) is 13.5. The summed E-state index contributed by atoms with van der Waals surface area (Å²) in [6.45, 7) is 3.72. The summed E-state index contributed by atoms with van der Waals surface area (Å²) in [7, 11) is 0. The molecule has 2 aromatic carbocycles. The van der Waals surface area contributed by atoms with E-state index in [4.69, 9.17) is 9.47 Å². The number of Topliss-reactive ketones (excluding diaryl/α,β-unsaturated/α-hetero) is 1. The predicted molar refractivity (Wildman–Crippen MR) is 92.3 cm³/mol. The summed E-state index contributed by atoms with van der Waals surface area (Å²) >= 11 is 0. The van der Waals surface area contributed by atoms with Gasteiger partial charge < -0.3 is 14.6 Å². The molecule has 2 atom stereocenters. The van der Waals surface area contributed by atoms with Gasteiger partial charge in [-0.1, -0.05) is 66.7 Å². The van der Waals surface area contributed by atoms with E-state index in [1.54, 1.807) is 0 Å². The van der Waals surface area contributed by atoms with E-state index in [0.29, 0.717) is 6.61 Å². The number of ether oxygens (including phenoxy) is 2. The largest absolute Gasteiger partial charge is 0.388 e. The van der Waals surface area contributed by atoms with E-state index in [2.05, 4.69) is 6.58 Å². The Labute approximate surface area is 142 Å². The van der Waals surface area contributed by atoms with Crippen LogP contribution >= 0.6 is 0 Å². The molecule has 4 heteroatoms. The second-order valence-electron chi connectivity index (χ2n) is 5.34. The number of carbonyl (C=O) groups excluding carboxylic acids is 1. The molecule has 0 saturated carbocycles. The summed E-state index contributed by atoms with van der Waals surface area (Å²) in [4.78, 5) is 12.0. The number of aliphatic hydroxyl groups is 1. The first-order valence-corrected chi connectivity index (χ1v) is 7.81. The number of rotatable bonds is 10. The second kappa shape index (κ2) is 9.78. The first-order valence-electron chi connectivity index (χ1n) is 7.81. The van der Waals surface area contributed by atoms with Crippen LogP contribution in [0, 0.1) is 0 Å². The molecule has 2 aromatic rings. The quantitative estimate of drug-likeness (QED) is 0.682. The van der Waals surface area contributed by atoms with Gasteiger partial charge in [0, 0.05) is 0 Å². The highest BCUT2D eigenvalue weighted by Crippen LogP contribution is 2.13. The van der Waals surface area contributed by atoms with Crippen LogP contribution in [-0.4, -0.2) is 29.7 Å². The van der Waals surface area contributed by atoms with Gasteiger partial charge in [0.2, 0.25) is 0 Å². The van der Waals surface area contributed by atoms with E-state index >= 15 is 0 Å². The van der Waals surface area contributed by atoms with Gasteiger partial charge in [0.15, 0.2) is 5.78 Å². The molecule has 126 valence electrons. The van der Waals surface area contributed by atoms with Gasteiger partial charge in [-0.15, -0.1) is 6.58 Å². The van der Waals surface area contributed by atoms with Gasteiger partial charge in [-0.05, 0) is 11.1 Å². The summed E-state index contributed by atoms with van der Waals surface area (Å²) in [5.41, 5.74) is 1.93. The first kappa shape index (κ1) is 18.1. The minimum Gasteiger partial charge on any atom is -0.388 e. The number of hydrogen-bond donors (Lipinski definition) is 1. The Bertz CT molecular complexity index is 625. The third kappa shape index (κ3) is 5.42. The van der Waals surface area contributed by atoms with E-state index in [9.17, 15) is 9.90 Å². The maximum Gasteiger partial charge on any atom is 0.189 e. The molecule has 0 heterocycles. The molecule has 0 aliphatic rings. The van der Waals surface area contributed by atoms with Crippen LogP contribution < -0.4 is 0 Å². The highest BCUT2D eigenvalue weighted by Gasteiger charge is 2.27. The molecule has 0 radical (unpaired) electrons. The molecule has 0 spiro atoms. The van der Waals surface area contributed by atoms with Crippen molar-refractivity contribution in [2.45, 2.75) is 25.4 Å². The van der Waals surface area contributed by atoms with Crippen LogP contribution in [0.2, 0.25) is 0 Å². The average molecular weight is 326 g/mol. The van der Waals surface area contributed by atoms with E-state index in [-0.39, 0.29) is 6.61 Å². The third-order valence-electron chi connectivity index (χ3n) is 3.56. The number of hydrogen-bond acceptors (Lipinski definition) is 4. The molecule has 0 amide bonds. The van der Waals surface area contributed by atoms with Crippen molar-refractivity contribution < 1.29 is 19.4 Å². The van der Waals surface area contributed by atoms with Gasteiger partial charge in [0.1, 0.15) is 18.8 Å². The fraction of sp³-hybridized carbons (Fsp3) is 0.250. The number of carbonyl (C=O) groups is 1. The monoisotopic (exact) mass is 326 g/mol. The van der Waals surface area contributed by atoms with Gasteiger partial charge >= 0.3 is 0 Å².